The van der Waals surface area contributed by atoms with Crippen molar-refractivity contribution in [2.24, 2.45) is 0 Å². The van der Waals surface area contributed by atoms with Crippen LogP contribution in [0.1, 0.15) is 26.3 Å². The molecular formula is C10H14Cl2OTi. The molecule has 0 saturated heterocycles. The number of halogens is 2. The van der Waals surface area contributed by atoms with E-state index in [9.17, 15) is 5.11 Å². The predicted octanol–water partition coefficient (Wildman–Crippen LogP) is -3.30. The Balaban J connectivity index is -0.000000403. The normalized spacial score (nSPS) is 9.07. The van der Waals surface area contributed by atoms with Gasteiger partial charge >= 0.3 is 21.7 Å². The van der Waals surface area contributed by atoms with Crippen LogP contribution >= 0.6 is 0 Å². The second-order valence-corrected chi connectivity index (χ2v) is 3.80. The van der Waals surface area contributed by atoms with Crippen molar-refractivity contribution in [3.63, 3.8) is 0 Å². The summed E-state index contributed by atoms with van der Waals surface area (Å²) in [6, 6.07) is 7.39. The Hall–Kier alpha value is 0.314. The second-order valence-electron chi connectivity index (χ2n) is 3.80. The van der Waals surface area contributed by atoms with E-state index < -0.39 is 0 Å². The summed E-state index contributed by atoms with van der Waals surface area (Å²) in [6.07, 6.45) is 0. The van der Waals surface area contributed by atoms with Gasteiger partial charge in [0.1, 0.15) is 5.75 Å². The molecule has 0 aliphatic carbocycles. The second kappa shape index (κ2) is 7.59. The van der Waals surface area contributed by atoms with E-state index in [4.69, 9.17) is 0 Å². The van der Waals surface area contributed by atoms with Crippen LogP contribution in [0.25, 0.3) is 0 Å². The van der Waals surface area contributed by atoms with E-state index in [1.165, 1.54) is 0 Å². The molecule has 0 aromatic heterocycles. The molecule has 0 aliphatic rings. The monoisotopic (exact) mass is 268 g/mol. The van der Waals surface area contributed by atoms with Gasteiger partial charge in [0.2, 0.25) is 0 Å². The van der Waals surface area contributed by atoms with E-state index in [2.05, 4.69) is 20.8 Å². The van der Waals surface area contributed by atoms with E-state index in [-0.39, 0.29) is 51.9 Å². The summed E-state index contributed by atoms with van der Waals surface area (Å²) in [6.45, 7) is 6.38. The Labute approximate surface area is 113 Å². The summed E-state index contributed by atoms with van der Waals surface area (Å²) in [7, 11) is 0. The third-order valence-corrected chi connectivity index (χ3v) is 1.71. The van der Waals surface area contributed by atoms with Crippen molar-refractivity contribution >= 4 is 0 Å². The first-order chi connectivity index (χ1) is 5.00. The summed E-state index contributed by atoms with van der Waals surface area (Å²) < 4.78 is 0. The summed E-state index contributed by atoms with van der Waals surface area (Å²) in [5, 5.41) is 9.18. The Morgan fingerprint density at radius 2 is 1.57 bits per heavy atom. The Kier molecular flexibility index (Phi) is 10.7. The molecule has 1 nitrogen and oxygen atoms in total. The summed E-state index contributed by atoms with van der Waals surface area (Å²) in [5.41, 5.74) is 1.29. The zero-order valence-corrected chi connectivity index (χ0v) is 11.6. The molecule has 0 spiro atoms. The quantitative estimate of drug-likeness (QED) is 0.489. The van der Waals surface area contributed by atoms with Crippen LogP contribution in [0.3, 0.4) is 0 Å². The van der Waals surface area contributed by atoms with Crippen LogP contribution in [-0.2, 0) is 27.1 Å². The van der Waals surface area contributed by atoms with Gasteiger partial charge in [-0.2, -0.15) is 0 Å². The van der Waals surface area contributed by atoms with Crippen molar-refractivity contribution in [1.82, 2.24) is 0 Å². The van der Waals surface area contributed by atoms with E-state index in [0.29, 0.717) is 5.75 Å². The van der Waals surface area contributed by atoms with Crippen molar-refractivity contribution in [3.8, 4) is 5.75 Å². The molecule has 1 aromatic rings. The van der Waals surface area contributed by atoms with Gasteiger partial charge in [-0.15, -0.1) is 0 Å². The van der Waals surface area contributed by atoms with Gasteiger partial charge in [0.15, 0.2) is 0 Å². The van der Waals surface area contributed by atoms with E-state index in [0.717, 1.165) is 5.56 Å². The van der Waals surface area contributed by atoms with Crippen LogP contribution in [0.4, 0.5) is 0 Å². The van der Waals surface area contributed by atoms with Crippen molar-refractivity contribution in [3.05, 3.63) is 29.8 Å². The molecule has 0 fully saturated rings. The summed E-state index contributed by atoms with van der Waals surface area (Å²) in [4.78, 5) is 0. The third-order valence-electron chi connectivity index (χ3n) is 1.71. The van der Waals surface area contributed by atoms with Crippen molar-refractivity contribution in [2.45, 2.75) is 26.2 Å². The van der Waals surface area contributed by atoms with Gasteiger partial charge in [-0.05, 0) is 23.1 Å². The molecule has 0 atom stereocenters. The number of phenols is 1. The molecule has 0 unspecified atom stereocenters. The van der Waals surface area contributed by atoms with Gasteiger partial charge in [0, 0.05) is 0 Å². The molecule has 1 N–H and O–H groups in total. The standard InChI is InChI=1S/C10H14O.2ClH.Ti/c1-10(2,3)8-5-4-6-9(11)7-8;;;/h4-7,11H,1-3H3;2*1H;/q;;;+2/p-2. The maximum Gasteiger partial charge on any atom is 2.00 e. The molecule has 78 valence electrons. The minimum atomic E-state index is 0. The Morgan fingerprint density at radius 1 is 1.07 bits per heavy atom. The molecule has 0 saturated carbocycles. The minimum absolute atomic E-state index is 0. The van der Waals surface area contributed by atoms with Gasteiger partial charge in [0.05, 0.1) is 0 Å². The van der Waals surface area contributed by atoms with Gasteiger partial charge in [-0.1, -0.05) is 32.9 Å². The Morgan fingerprint density at radius 3 is 1.86 bits per heavy atom. The van der Waals surface area contributed by atoms with Crippen LogP contribution in [0.2, 0.25) is 0 Å². The zero-order chi connectivity index (χ0) is 8.48. The molecule has 0 bridgehead atoms. The zero-order valence-electron chi connectivity index (χ0n) is 8.51. The molecule has 1 rings (SSSR count). The van der Waals surface area contributed by atoms with Crippen LogP contribution in [-0.4, -0.2) is 5.11 Å². The van der Waals surface area contributed by atoms with E-state index in [1.54, 1.807) is 12.1 Å². The Bertz CT molecular complexity index is 259. The smallest absolute Gasteiger partial charge is 1.00 e. The van der Waals surface area contributed by atoms with Gasteiger partial charge in [-0.25, -0.2) is 0 Å². The average Bonchev–Trinajstić information content (AvgIpc) is 1.86. The van der Waals surface area contributed by atoms with Gasteiger partial charge in [0.25, 0.3) is 0 Å². The van der Waals surface area contributed by atoms with Crippen LogP contribution in [0.15, 0.2) is 24.3 Å². The summed E-state index contributed by atoms with van der Waals surface area (Å²) in [5.74, 6) is 0.345. The fourth-order valence-corrected chi connectivity index (χ4v) is 0.972. The fraction of sp³-hybridized carbons (Fsp3) is 0.400. The first-order valence-corrected chi connectivity index (χ1v) is 3.79. The molecule has 14 heavy (non-hydrogen) atoms. The van der Waals surface area contributed by atoms with Gasteiger partial charge in [-0.3, -0.25) is 0 Å². The minimum Gasteiger partial charge on any atom is -1.00 e. The number of hydrogen-bond donors (Lipinski definition) is 1. The SMILES string of the molecule is CC(C)(C)c1cccc(O)c1.[Cl-].[Cl-].[Ti+2]. The number of phenolic OH excluding ortho intramolecular Hbond substituents is 1. The molecule has 0 aliphatic heterocycles. The van der Waals surface area contributed by atoms with E-state index >= 15 is 0 Å². The third kappa shape index (κ3) is 5.92. The first kappa shape index (κ1) is 19.8. The number of aromatic hydroxyl groups is 1. The fourth-order valence-electron chi connectivity index (χ4n) is 0.972. The van der Waals surface area contributed by atoms with Crippen molar-refractivity contribution in [2.75, 3.05) is 0 Å². The maximum atomic E-state index is 9.18. The first-order valence-electron chi connectivity index (χ1n) is 3.79. The number of benzene rings is 1. The average molecular weight is 269 g/mol. The van der Waals surface area contributed by atoms with Crippen molar-refractivity contribution < 1.29 is 51.6 Å². The molecule has 4 heteroatoms. The maximum absolute atomic E-state index is 9.18. The van der Waals surface area contributed by atoms with Crippen LogP contribution < -0.4 is 24.8 Å². The van der Waals surface area contributed by atoms with Crippen LogP contribution in [0, 0.1) is 0 Å². The van der Waals surface area contributed by atoms with Gasteiger partial charge < -0.3 is 29.9 Å². The molecular weight excluding hydrogens is 255 g/mol. The van der Waals surface area contributed by atoms with E-state index in [1.807, 2.05) is 12.1 Å². The molecule has 0 heterocycles. The molecule has 0 radical (unpaired) electrons. The van der Waals surface area contributed by atoms with Crippen LogP contribution in [0.5, 0.6) is 5.75 Å². The largest absolute Gasteiger partial charge is 2.00 e. The molecule has 0 amide bonds. The summed E-state index contributed by atoms with van der Waals surface area (Å²) >= 11 is 0. The number of rotatable bonds is 0. The molecule has 1 aromatic carbocycles. The number of hydrogen-bond acceptors (Lipinski definition) is 1. The van der Waals surface area contributed by atoms with Crippen molar-refractivity contribution in [1.29, 1.82) is 0 Å². The topological polar surface area (TPSA) is 20.2 Å². The predicted molar refractivity (Wildman–Crippen MR) is 46.8 cm³/mol.